The highest BCUT2D eigenvalue weighted by Gasteiger charge is 2.53. The number of amides is 1. The van der Waals surface area contributed by atoms with Crippen molar-refractivity contribution in [1.29, 1.82) is 0 Å². The van der Waals surface area contributed by atoms with Gasteiger partial charge in [0.2, 0.25) is 15.9 Å². The van der Waals surface area contributed by atoms with Crippen LogP contribution in [0.15, 0.2) is 29.2 Å². The Labute approximate surface area is 160 Å². The molecule has 1 aromatic rings. The lowest BCUT2D eigenvalue weighted by Crippen LogP contribution is -2.56. The maximum atomic E-state index is 13.3. The predicted octanol–water partition coefficient (Wildman–Crippen LogP) is 2.83. The van der Waals surface area contributed by atoms with Gasteiger partial charge in [0.1, 0.15) is 5.82 Å². The van der Waals surface area contributed by atoms with Crippen LogP contribution in [0, 0.1) is 29.0 Å². The third-order valence-electron chi connectivity index (χ3n) is 6.91. The van der Waals surface area contributed by atoms with Crippen molar-refractivity contribution >= 4 is 15.9 Å². The summed E-state index contributed by atoms with van der Waals surface area (Å²) in [6.07, 6.45) is 7.55. The van der Waals surface area contributed by atoms with E-state index in [0.29, 0.717) is 0 Å². The summed E-state index contributed by atoms with van der Waals surface area (Å²) in [5.74, 6) is 1.42. The van der Waals surface area contributed by atoms with Crippen LogP contribution in [0.1, 0.15) is 45.4 Å². The number of carbonyl (C=O) groups excluding carboxylic acids is 1. The van der Waals surface area contributed by atoms with Gasteiger partial charge in [-0.25, -0.2) is 17.5 Å². The molecular weight excluding hydrogens is 367 g/mol. The van der Waals surface area contributed by atoms with Crippen molar-refractivity contribution in [3.05, 3.63) is 30.1 Å². The van der Waals surface area contributed by atoms with Gasteiger partial charge in [-0.05, 0) is 86.8 Å². The minimum atomic E-state index is -3.91. The molecule has 0 heterocycles. The number of halogens is 1. The van der Waals surface area contributed by atoms with Crippen LogP contribution < -0.4 is 10.0 Å². The first-order valence-corrected chi connectivity index (χ1v) is 11.3. The lowest BCUT2D eigenvalue weighted by molar-refractivity contribution is -0.124. The Kier molecular flexibility index (Phi) is 4.79. The molecular formula is C20H27FN2O3S. The van der Waals surface area contributed by atoms with Gasteiger partial charge in [0.15, 0.2) is 0 Å². The predicted molar refractivity (Wildman–Crippen MR) is 99.8 cm³/mol. The fourth-order valence-corrected chi connectivity index (χ4v) is 7.04. The van der Waals surface area contributed by atoms with Crippen molar-refractivity contribution in [2.45, 2.75) is 56.4 Å². The van der Waals surface area contributed by atoms with Crippen molar-refractivity contribution in [3.8, 4) is 0 Å². The van der Waals surface area contributed by atoms with E-state index in [-0.39, 0.29) is 28.8 Å². The molecule has 1 amide bonds. The molecule has 0 aromatic heterocycles. The molecule has 4 fully saturated rings. The smallest absolute Gasteiger partial charge is 0.241 e. The summed E-state index contributed by atoms with van der Waals surface area (Å²) in [6.45, 7) is 1.72. The largest absolute Gasteiger partial charge is 0.352 e. The van der Waals surface area contributed by atoms with Crippen LogP contribution in [-0.4, -0.2) is 26.9 Å². The second kappa shape index (κ2) is 6.85. The lowest BCUT2D eigenvalue weighted by Gasteiger charge is -2.59. The molecule has 5 rings (SSSR count). The van der Waals surface area contributed by atoms with Crippen molar-refractivity contribution in [2.24, 2.45) is 23.2 Å². The Morgan fingerprint density at radius 3 is 2.33 bits per heavy atom. The number of benzene rings is 1. The molecule has 1 aromatic carbocycles. The first-order valence-electron chi connectivity index (χ1n) is 9.80. The van der Waals surface area contributed by atoms with Gasteiger partial charge in [-0.15, -0.1) is 0 Å². The minimum Gasteiger partial charge on any atom is -0.352 e. The molecule has 4 bridgehead atoms. The SMILES string of the molecule is C[C@@H](NC(=O)CNS(=O)(=O)c1cccc(F)c1)C12CC3CC(CC(C3)C1)C2. The summed E-state index contributed by atoms with van der Waals surface area (Å²) in [7, 11) is -3.91. The molecule has 2 N–H and O–H groups in total. The molecule has 27 heavy (non-hydrogen) atoms. The van der Waals surface area contributed by atoms with Crippen LogP contribution in [0.25, 0.3) is 0 Å². The molecule has 4 aliphatic rings. The van der Waals surface area contributed by atoms with Crippen LogP contribution in [0.5, 0.6) is 0 Å². The van der Waals surface area contributed by atoms with E-state index < -0.39 is 15.8 Å². The van der Waals surface area contributed by atoms with E-state index in [2.05, 4.69) is 17.0 Å². The first kappa shape index (κ1) is 18.9. The quantitative estimate of drug-likeness (QED) is 0.779. The number of sulfonamides is 1. The van der Waals surface area contributed by atoms with Gasteiger partial charge in [0.05, 0.1) is 11.4 Å². The van der Waals surface area contributed by atoms with Crippen LogP contribution in [0.3, 0.4) is 0 Å². The Balaban J connectivity index is 1.36. The fourth-order valence-electron chi connectivity index (χ4n) is 6.03. The summed E-state index contributed by atoms with van der Waals surface area (Å²) < 4.78 is 40.0. The Morgan fingerprint density at radius 1 is 1.19 bits per heavy atom. The highest BCUT2D eigenvalue weighted by Crippen LogP contribution is 2.61. The number of rotatable bonds is 6. The molecule has 4 saturated carbocycles. The van der Waals surface area contributed by atoms with E-state index in [1.54, 1.807) is 0 Å². The molecule has 148 valence electrons. The van der Waals surface area contributed by atoms with Crippen LogP contribution >= 0.6 is 0 Å². The maximum absolute atomic E-state index is 13.3. The van der Waals surface area contributed by atoms with Crippen molar-refractivity contribution < 1.29 is 17.6 Å². The normalized spacial score (nSPS) is 33.0. The fraction of sp³-hybridized carbons (Fsp3) is 0.650. The number of hydrogen-bond donors (Lipinski definition) is 2. The molecule has 7 heteroatoms. The van der Waals surface area contributed by atoms with Gasteiger partial charge in [-0.1, -0.05) is 6.07 Å². The molecule has 4 aliphatic carbocycles. The number of hydrogen-bond acceptors (Lipinski definition) is 3. The maximum Gasteiger partial charge on any atom is 0.241 e. The van der Waals surface area contributed by atoms with Crippen molar-refractivity contribution in [2.75, 3.05) is 6.54 Å². The summed E-state index contributed by atoms with van der Waals surface area (Å²) in [5, 5.41) is 3.03. The van der Waals surface area contributed by atoms with Gasteiger partial charge in [-0.3, -0.25) is 4.79 Å². The van der Waals surface area contributed by atoms with E-state index in [4.69, 9.17) is 0 Å². The topological polar surface area (TPSA) is 75.3 Å². The van der Waals surface area contributed by atoms with Crippen LogP contribution in [0.2, 0.25) is 0 Å². The van der Waals surface area contributed by atoms with Gasteiger partial charge in [-0.2, -0.15) is 0 Å². The second-order valence-electron chi connectivity index (χ2n) is 8.85. The van der Waals surface area contributed by atoms with E-state index in [0.717, 1.165) is 23.8 Å². The lowest BCUT2D eigenvalue weighted by atomic mass is 9.48. The molecule has 0 unspecified atom stereocenters. The van der Waals surface area contributed by atoms with Crippen molar-refractivity contribution in [1.82, 2.24) is 10.0 Å². The zero-order valence-corrected chi connectivity index (χ0v) is 16.4. The average molecular weight is 395 g/mol. The van der Waals surface area contributed by atoms with Gasteiger partial charge < -0.3 is 5.32 Å². The van der Waals surface area contributed by atoms with Crippen LogP contribution in [0.4, 0.5) is 4.39 Å². The van der Waals surface area contributed by atoms with Gasteiger partial charge in [0, 0.05) is 6.04 Å². The first-order chi connectivity index (χ1) is 12.8. The second-order valence-corrected chi connectivity index (χ2v) is 10.6. The van der Waals surface area contributed by atoms with Gasteiger partial charge >= 0.3 is 0 Å². The highest BCUT2D eigenvalue weighted by atomic mass is 32.2. The number of nitrogens with one attached hydrogen (secondary N) is 2. The monoisotopic (exact) mass is 394 g/mol. The zero-order chi connectivity index (χ0) is 19.2. The number of carbonyl (C=O) groups is 1. The third-order valence-corrected chi connectivity index (χ3v) is 8.31. The zero-order valence-electron chi connectivity index (χ0n) is 15.6. The summed E-state index contributed by atoms with van der Waals surface area (Å²) in [6, 6.07) is 4.80. The van der Waals surface area contributed by atoms with E-state index in [1.807, 2.05) is 0 Å². The summed E-state index contributed by atoms with van der Waals surface area (Å²) in [5.41, 5.74) is 0.172. The van der Waals surface area contributed by atoms with Crippen molar-refractivity contribution in [3.63, 3.8) is 0 Å². The molecule has 0 saturated heterocycles. The molecule has 0 spiro atoms. The average Bonchev–Trinajstić information content (AvgIpc) is 2.59. The highest BCUT2D eigenvalue weighted by molar-refractivity contribution is 7.89. The molecule has 1 atom stereocenters. The van der Waals surface area contributed by atoms with Crippen LogP contribution in [-0.2, 0) is 14.8 Å². The Bertz CT molecular complexity index is 804. The molecule has 5 nitrogen and oxygen atoms in total. The standard InChI is InChI=1S/C20H27FN2O3S/c1-13(20-9-14-5-15(10-20)7-16(6-14)11-20)23-19(24)12-22-27(25,26)18-4-2-3-17(21)8-18/h2-4,8,13-16,22H,5-7,9-12H2,1H3,(H,23,24)/t13-,14?,15?,16?,20?/m1/s1. The van der Waals surface area contributed by atoms with E-state index >= 15 is 0 Å². The summed E-state index contributed by atoms with van der Waals surface area (Å²) in [4.78, 5) is 12.2. The molecule has 0 aliphatic heterocycles. The van der Waals surface area contributed by atoms with E-state index in [1.165, 1.54) is 56.7 Å². The van der Waals surface area contributed by atoms with E-state index in [9.17, 15) is 17.6 Å². The Hall–Kier alpha value is -1.47. The third kappa shape index (κ3) is 3.76. The van der Waals surface area contributed by atoms with Gasteiger partial charge in [0.25, 0.3) is 0 Å². The molecule has 0 radical (unpaired) electrons. The Morgan fingerprint density at radius 2 is 1.78 bits per heavy atom. The minimum absolute atomic E-state index is 0.0390. The summed E-state index contributed by atoms with van der Waals surface area (Å²) >= 11 is 0.